The summed E-state index contributed by atoms with van der Waals surface area (Å²) in [6.07, 6.45) is 1.36. The number of aliphatic hydroxyl groups excluding tert-OH is 2. The van der Waals surface area contributed by atoms with Gasteiger partial charge in [-0.05, 0) is 36.9 Å². The first kappa shape index (κ1) is 18.4. The molecule has 0 radical (unpaired) electrons. The SMILES string of the molecule is CC(C)C1N(C)CC12C[C@@H](O)[C@H](NC(=O)Cc1ccccc1CO)C2. The summed E-state index contributed by atoms with van der Waals surface area (Å²) in [7, 11) is 2.14. The van der Waals surface area contributed by atoms with Crippen molar-refractivity contribution in [1.29, 1.82) is 0 Å². The van der Waals surface area contributed by atoms with Crippen LogP contribution in [0.2, 0.25) is 0 Å². The highest BCUT2D eigenvalue weighted by molar-refractivity contribution is 5.79. The van der Waals surface area contributed by atoms with Crippen molar-refractivity contribution >= 4 is 5.91 Å². The molecule has 3 N–H and O–H groups in total. The molecule has 2 fully saturated rings. The third kappa shape index (κ3) is 3.46. The van der Waals surface area contributed by atoms with Crippen molar-refractivity contribution in [1.82, 2.24) is 10.2 Å². The molecule has 0 bridgehead atoms. The van der Waals surface area contributed by atoms with E-state index in [1.54, 1.807) is 0 Å². The van der Waals surface area contributed by atoms with E-state index in [2.05, 4.69) is 31.1 Å². The number of nitrogens with one attached hydrogen (secondary N) is 1. The van der Waals surface area contributed by atoms with E-state index in [0.29, 0.717) is 12.0 Å². The zero-order valence-electron chi connectivity index (χ0n) is 15.4. The van der Waals surface area contributed by atoms with E-state index < -0.39 is 6.10 Å². The fourth-order valence-corrected chi connectivity index (χ4v) is 5.31. The maximum Gasteiger partial charge on any atom is 0.224 e. The molecule has 138 valence electrons. The van der Waals surface area contributed by atoms with E-state index in [0.717, 1.165) is 30.5 Å². The molecule has 5 heteroatoms. The van der Waals surface area contributed by atoms with Crippen LogP contribution in [0.25, 0.3) is 0 Å². The Morgan fingerprint density at radius 2 is 2.00 bits per heavy atom. The molecular formula is C20H30N2O3. The summed E-state index contributed by atoms with van der Waals surface area (Å²) < 4.78 is 0. The topological polar surface area (TPSA) is 72.8 Å². The highest BCUT2D eigenvalue weighted by atomic mass is 16.3. The van der Waals surface area contributed by atoms with Gasteiger partial charge in [0.05, 0.1) is 25.2 Å². The van der Waals surface area contributed by atoms with E-state index in [1.165, 1.54) is 0 Å². The fraction of sp³-hybridized carbons (Fsp3) is 0.650. The van der Waals surface area contributed by atoms with Gasteiger partial charge in [-0.3, -0.25) is 4.79 Å². The lowest BCUT2D eigenvalue weighted by atomic mass is 9.66. The molecule has 1 aliphatic carbocycles. The highest BCUT2D eigenvalue weighted by Crippen LogP contribution is 2.52. The summed E-state index contributed by atoms with van der Waals surface area (Å²) in [5, 5.41) is 23.0. The predicted octanol–water partition coefficient (Wildman–Crippen LogP) is 1.32. The molecular weight excluding hydrogens is 316 g/mol. The Labute approximate surface area is 150 Å². The molecule has 1 saturated heterocycles. The van der Waals surface area contributed by atoms with E-state index in [1.807, 2.05) is 24.3 Å². The van der Waals surface area contributed by atoms with Crippen LogP contribution in [0, 0.1) is 11.3 Å². The summed E-state index contributed by atoms with van der Waals surface area (Å²) in [6.45, 7) is 5.38. The minimum atomic E-state index is -0.480. The number of hydrogen-bond acceptors (Lipinski definition) is 4. The molecule has 1 heterocycles. The Morgan fingerprint density at radius 3 is 2.60 bits per heavy atom. The normalized spacial score (nSPS) is 32.2. The number of rotatable bonds is 5. The van der Waals surface area contributed by atoms with Gasteiger partial charge >= 0.3 is 0 Å². The van der Waals surface area contributed by atoms with Gasteiger partial charge in [0.25, 0.3) is 0 Å². The van der Waals surface area contributed by atoms with Crippen LogP contribution in [0.4, 0.5) is 0 Å². The van der Waals surface area contributed by atoms with Gasteiger partial charge in [-0.1, -0.05) is 38.1 Å². The average molecular weight is 346 g/mol. The Bertz CT molecular complexity index is 628. The van der Waals surface area contributed by atoms with Gasteiger partial charge in [0.2, 0.25) is 5.91 Å². The fourth-order valence-electron chi connectivity index (χ4n) is 5.31. The van der Waals surface area contributed by atoms with E-state index in [-0.39, 0.29) is 30.4 Å². The molecule has 1 saturated carbocycles. The summed E-state index contributed by atoms with van der Waals surface area (Å²) in [5.41, 5.74) is 1.75. The van der Waals surface area contributed by atoms with Crippen LogP contribution >= 0.6 is 0 Å². The molecule has 1 aromatic carbocycles. The van der Waals surface area contributed by atoms with Crippen molar-refractivity contribution in [3.63, 3.8) is 0 Å². The molecule has 1 aromatic rings. The number of nitrogens with zero attached hydrogens (tertiary/aromatic N) is 1. The Morgan fingerprint density at radius 1 is 1.32 bits per heavy atom. The summed E-state index contributed by atoms with van der Waals surface area (Å²) >= 11 is 0. The minimum Gasteiger partial charge on any atom is -0.392 e. The molecule has 2 aliphatic rings. The van der Waals surface area contributed by atoms with Crippen molar-refractivity contribution < 1.29 is 15.0 Å². The quantitative estimate of drug-likeness (QED) is 0.752. The molecule has 2 unspecified atom stereocenters. The van der Waals surface area contributed by atoms with Gasteiger partial charge in [-0.2, -0.15) is 0 Å². The Kier molecular flexibility index (Phi) is 5.19. The van der Waals surface area contributed by atoms with Gasteiger partial charge in [0.15, 0.2) is 0 Å². The molecule has 25 heavy (non-hydrogen) atoms. The first-order valence-corrected chi connectivity index (χ1v) is 9.21. The number of amides is 1. The lowest BCUT2D eigenvalue weighted by Crippen LogP contribution is -2.64. The average Bonchev–Trinajstić information content (AvgIpc) is 2.84. The van der Waals surface area contributed by atoms with Gasteiger partial charge in [0.1, 0.15) is 0 Å². The molecule has 1 aliphatic heterocycles. The lowest BCUT2D eigenvalue weighted by molar-refractivity contribution is -0.121. The smallest absolute Gasteiger partial charge is 0.224 e. The van der Waals surface area contributed by atoms with E-state index in [9.17, 15) is 15.0 Å². The number of aliphatic hydroxyl groups is 2. The number of likely N-dealkylation sites (tertiary alicyclic amines) is 1. The molecule has 1 spiro atoms. The van der Waals surface area contributed by atoms with Crippen molar-refractivity contribution in [2.75, 3.05) is 13.6 Å². The number of benzene rings is 1. The van der Waals surface area contributed by atoms with E-state index >= 15 is 0 Å². The Hall–Kier alpha value is -1.43. The zero-order valence-corrected chi connectivity index (χ0v) is 15.4. The van der Waals surface area contributed by atoms with Crippen LogP contribution in [0.5, 0.6) is 0 Å². The monoisotopic (exact) mass is 346 g/mol. The highest BCUT2D eigenvalue weighted by Gasteiger charge is 2.58. The maximum absolute atomic E-state index is 12.5. The predicted molar refractivity (Wildman–Crippen MR) is 96.9 cm³/mol. The van der Waals surface area contributed by atoms with Gasteiger partial charge in [0, 0.05) is 18.0 Å². The van der Waals surface area contributed by atoms with Gasteiger partial charge in [-0.25, -0.2) is 0 Å². The van der Waals surface area contributed by atoms with Crippen LogP contribution in [0.3, 0.4) is 0 Å². The third-order valence-corrected chi connectivity index (χ3v) is 5.99. The minimum absolute atomic E-state index is 0.0684. The van der Waals surface area contributed by atoms with Crippen molar-refractivity contribution in [3.05, 3.63) is 35.4 Å². The summed E-state index contributed by atoms with van der Waals surface area (Å²) in [6, 6.07) is 7.73. The number of carbonyl (C=O) groups is 1. The van der Waals surface area contributed by atoms with Gasteiger partial charge < -0.3 is 20.4 Å². The largest absolute Gasteiger partial charge is 0.392 e. The molecule has 5 nitrogen and oxygen atoms in total. The van der Waals surface area contributed by atoms with Crippen molar-refractivity contribution in [2.45, 2.75) is 57.9 Å². The first-order valence-electron chi connectivity index (χ1n) is 9.21. The zero-order chi connectivity index (χ0) is 18.2. The second-order valence-corrected chi connectivity index (χ2v) is 8.22. The second kappa shape index (κ2) is 7.06. The van der Waals surface area contributed by atoms with Crippen LogP contribution in [-0.2, 0) is 17.8 Å². The van der Waals surface area contributed by atoms with E-state index in [4.69, 9.17) is 0 Å². The molecule has 3 rings (SSSR count). The van der Waals surface area contributed by atoms with Crippen LogP contribution in [0.15, 0.2) is 24.3 Å². The number of carbonyl (C=O) groups excluding carboxylic acids is 1. The molecule has 4 atom stereocenters. The summed E-state index contributed by atoms with van der Waals surface area (Å²) in [5.74, 6) is 0.451. The van der Waals surface area contributed by atoms with Crippen LogP contribution in [0.1, 0.15) is 37.8 Å². The third-order valence-electron chi connectivity index (χ3n) is 5.99. The second-order valence-electron chi connectivity index (χ2n) is 8.22. The van der Waals surface area contributed by atoms with Crippen molar-refractivity contribution in [2.24, 2.45) is 11.3 Å². The summed E-state index contributed by atoms with van der Waals surface area (Å²) in [4.78, 5) is 14.8. The Balaban J connectivity index is 1.63. The molecule has 0 aromatic heterocycles. The van der Waals surface area contributed by atoms with Crippen LogP contribution in [-0.4, -0.2) is 52.8 Å². The molecule has 1 amide bonds. The first-order chi connectivity index (χ1) is 11.9. The lowest BCUT2D eigenvalue weighted by Gasteiger charge is -2.57. The maximum atomic E-state index is 12.5. The van der Waals surface area contributed by atoms with Gasteiger partial charge in [-0.15, -0.1) is 0 Å². The number of hydrogen-bond donors (Lipinski definition) is 3. The van der Waals surface area contributed by atoms with Crippen molar-refractivity contribution in [3.8, 4) is 0 Å². The van der Waals surface area contributed by atoms with Crippen LogP contribution < -0.4 is 5.32 Å². The standard InChI is InChI=1S/C20H30N2O3/c1-13(2)19-20(12-22(19)3)9-16(17(24)10-20)21-18(25)8-14-6-4-5-7-15(14)11-23/h4-7,13,16-17,19,23-24H,8-12H2,1-3H3,(H,21,25)/t16-,17-,19?,20?/m1/s1.